The average molecular weight is 368 g/mol. The van der Waals surface area contributed by atoms with Crippen molar-refractivity contribution in [1.29, 1.82) is 0 Å². The lowest BCUT2D eigenvalue weighted by Crippen LogP contribution is -2.87. The zero-order valence-corrected chi connectivity index (χ0v) is 13.6. The van der Waals surface area contributed by atoms with Crippen LogP contribution in [0.25, 0.3) is 0 Å². The Labute approximate surface area is 137 Å². The molecule has 1 aliphatic heterocycles. The summed E-state index contributed by atoms with van der Waals surface area (Å²) in [6, 6.07) is 0. The summed E-state index contributed by atoms with van der Waals surface area (Å²) >= 11 is 4.28. The van der Waals surface area contributed by atoms with Gasteiger partial charge in [0.25, 0.3) is 0 Å². The van der Waals surface area contributed by atoms with Gasteiger partial charge in [0, 0.05) is 0 Å². The molecule has 1 heterocycles. The molecule has 0 saturated carbocycles. The molecule has 0 aliphatic carbocycles. The topological polar surface area (TPSA) is 153 Å². The van der Waals surface area contributed by atoms with Crippen LogP contribution in [0.3, 0.4) is 0 Å². The molecule has 0 spiro atoms. The van der Waals surface area contributed by atoms with Crippen LogP contribution in [0.2, 0.25) is 0 Å². The summed E-state index contributed by atoms with van der Waals surface area (Å²) in [7, 11) is 0. The minimum Gasteiger partial charge on any atom is -0.478 e. The van der Waals surface area contributed by atoms with Gasteiger partial charge in [-0.25, -0.2) is 4.79 Å². The van der Waals surface area contributed by atoms with Gasteiger partial charge in [0.2, 0.25) is 6.23 Å². The quantitative estimate of drug-likeness (QED) is 0.161. The third kappa shape index (κ3) is 6.60. The Bertz CT molecular complexity index is 545. The minimum absolute atomic E-state index is 0.00880. The van der Waals surface area contributed by atoms with Crippen molar-refractivity contribution >= 4 is 24.5 Å². The molecule has 1 fully saturated rings. The third-order valence-corrected chi connectivity index (χ3v) is 3.76. The van der Waals surface area contributed by atoms with E-state index in [4.69, 9.17) is 19.6 Å². The molecular weight excluding hydrogens is 349 g/mol. The SMILES string of the molecule is C=C/C(=C\C=C/[NH2+]C1O[C@H](COP(O)(O)=S)[C@@H](O)[C@H]1O)C(=O)O. The highest BCUT2D eigenvalue weighted by molar-refractivity contribution is 8.06. The van der Waals surface area contributed by atoms with Gasteiger partial charge in [0.05, 0.1) is 18.4 Å². The molecule has 1 saturated heterocycles. The standard InChI is InChI=1S/C12H18NO8PS/c1-2-7(12(16)17)4-3-5-13-11-10(15)9(14)8(21-11)6-20-22(18,19)23/h2-5,8-11,13-15H,1,6H2,(H,16,17)(H2,18,19,23)/p+1/b5-3-,7-4+/t8-,9-,10-,11?/m1/s1. The van der Waals surface area contributed by atoms with Crippen LogP contribution in [0.1, 0.15) is 0 Å². The van der Waals surface area contributed by atoms with E-state index in [2.05, 4.69) is 22.9 Å². The molecule has 1 aliphatic rings. The van der Waals surface area contributed by atoms with Crippen LogP contribution in [0.15, 0.2) is 36.6 Å². The third-order valence-electron chi connectivity index (χ3n) is 2.96. The molecule has 7 N–H and O–H groups in total. The molecule has 23 heavy (non-hydrogen) atoms. The highest BCUT2D eigenvalue weighted by Gasteiger charge is 2.45. The number of aliphatic hydroxyl groups excluding tert-OH is 2. The Balaban J connectivity index is 2.57. The predicted molar refractivity (Wildman–Crippen MR) is 82.3 cm³/mol. The van der Waals surface area contributed by atoms with Gasteiger partial charge >= 0.3 is 12.7 Å². The first kappa shape index (κ1) is 20.1. The van der Waals surface area contributed by atoms with Crippen molar-refractivity contribution in [3.05, 3.63) is 36.6 Å². The molecule has 9 nitrogen and oxygen atoms in total. The molecule has 0 radical (unpaired) electrons. The molecule has 0 aromatic rings. The van der Waals surface area contributed by atoms with Crippen LogP contribution in [0.5, 0.6) is 0 Å². The number of aliphatic carboxylic acids is 1. The number of carboxylic acids is 1. The molecule has 0 aromatic heterocycles. The average Bonchev–Trinajstić information content (AvgIpc) is 2.72. The van der Waals surface area contributed by atoms with Gasteiger partial charge in [-0.05, 0) is 24.0 Å². The number of carboxylic acid groups (broad SMARTS) is 1. The van der Waals surface area contributed by atoms with Crippen LogP contribution in [-0.2, 0) is 25.9 Å². The van der Waals surface area contributed by atoms with Crippen LogP contribution in [-0.4, -0.2) is 62.2 Å². The Kier molecular flexibility index (Phi) is 7.68. The monoisotopic (exact) mass is 368 g/mol. The fourth-order valence-electron chi connectivity index (χ4n) is 1.80. The molecular formula is C12H19NO8PS+. The van der Waals surface area contributed by atoms with E-state index in [9.17, 15) is 15.0 Å². The second-order valence-corrected chi connectivity index (χ2v) is 7.28. The highest BCUT2D eigenvalue weighted by atomic mass is 32.5. The van der Waals surface area contributed by atoms with Crippen molar-refractivity contribution in [2.24, 2.45) is 0 Å². The number of nitrogens with two attached hydrogens (primary N) is 1. The van der Waals surface area contributed by atoms with Gasteiger partial charge in [-0.3, -0.25) is 5.32 Å². The van der Waals surface area contributed by atoms with E-state index < -0.39 is 37.2 Å². The second kappa shape index (κ2) is 8.78. The summed E-state index contributed by atoms with van der Waals surface area (Å²) in [5.41, 5.74) is -0.00880. The van der Waals surface area contributed by atoms with Crippen LogP contribution in [0, 0.1) is 0 Å². The number of hydrogen-bond donors (Lipinski definition) is 6. The molecule has 1 unspecified atom stereocenters. The van der Waals surface area contributed by atoms with Crippen molar-refractivity contribution in [2.75, 3.05) is 6.61 Å². The van der Waals surface area contributed by atoms with E-state index in [1.165, 1.54) is 29.7 Å². The molecule has 4 atom stereocenters. The number of allylic oxidation sites excluding steroid dienone is 2. The van der Waals surface area contributed by atoms with Crippen molar-refractivity contribution in [2.45, 2.75) is 24.5 Å². The highest BCUT2D eigenvalue weighted by Crippen LogP contribution is 2.37. The maximum atomic E-state index is 10.7. The van der Waals surface area contributed by atoms with Crippen molar-refractivity contribution in [3.63, 3.8) is 0 Å². The number of ether oxygens (including phenoxy) is 1. The lowest BCUT2D eigenvalue weighted by Gasteiger charge is -2.15. The molecule has 1 rings (SSSR count). The summed E-state index contributed by atoms with van der Waals surface area (Å²) in [6.45, 7) is -0.891. The second-order valence-electron chi connectivity index (χ2n) is 4.62. The fraction of sp³-hybridized carbons (Fsp3) is 0.417. The Morgan fingerprint density at radius 3 is 2.57 bits per heavy atom. The van der Waals surface area contributed by atoms with Gasteiger partial charge in [-0.2, -0.15) is 0 Å². The van der Waals surface area contributed by atoms with E-state index in [0.29, 0.717) is 0 Å². The largest absolute Gasteiger partial charge is 0.478 e. The smallest absolute Gasteiger partial charge is 0.335 e. The Hall–Kier alpha value is -0.940. The van der Waals surface area contributed by atoms with Crippen LogP contribution in [0.4, 0.5) is 0 Å². The first-order valence-electron chi connectivity index (χ1n) is 6.45. The van der Waals surface area contributed by atoms with Gasteiger partial charge in [0.15, 0.2) is 6.10 Å². The van der Waals surface area contributed by atoms with Crippen molar-refractivity contribution in [1.82, 2.24) is 0 Å². The summed E-state index contributed by atoms with van der Waals surface area (Å²) in [6.07, 6.45) is 0.971. The Morgan fingerprint density at radius 2 is 2.04 bits per heavy atom. The number of hydrogen-bond acceptors (Lipinski definition) is 6. The maximum Gasteiger partial charge on any atom is 0.335 e. The van der Waals surface area contributed by atoms with Crippen LogP contribution < -0.4 is 5.32 Å². The summed E-state index contributed by atoms with van der Waals surface area (Å²) in [5, 5.41) is 29.8. The van der Waals surface area contributed by atoms with Gasteiger partial charge in [-0.15, -0.1) is 0 Å². The maximum absolute atomic E-state index is 10.7. The minimum atomic E-state index is -3.87. The summed E-state index contributed by atoms with van der Waals surface area (Å²) < 4.78 is 9.92. The summed E-state index contributed by atoms with van der Waals surface area (Å²) in [5.74, 6) is -1.13. The van der Waals surface area contributed by atoms with E-state index in [1.54, 1.807) is 0 Å². The molecule has 0 aromatic carbocycles. The predicted octanol–water partition coefficient (Wildman–Crippen LogP) is -2.07. The number of aliphatic hydroxyl groups is 2. The molecule has 130 valence electrons. The van der Waals surface area contributed by atoms with Crippen molar-refractivity contribution < 1.29 is 44.5 Å². The first-order chi connectivity index (χ1) is 10.7. The van der Waals surface area contributed by atoms with Gasteiger partial charge < -0.3 is 34.4 Å². The summed E-state index contributed by atoms with van der Waals surface area (Å²) in [4.78, 5) is 28.7. The lowest BCUT2D eigenvalue weighted by molar-refractivity contribution is -0.674. The number of rotatable bonds is 8. The van der Waals surface area contributed by atoms with Crippen LogP contribution >= 0.6 is 6.72 Å². The van der Waals surface area contributed by atoms with E-state index in [0.717, 1.165) is 0 Å². The zero-order chi connectivity index (χ0) is 17.6. The fourth-order valence-corrected chi connectivity index (χ4v) is 2.33. The zero-order valence-electron chi connectivity index (χ0n) is 11.9. The van der Waals surface area contributed by atoms with E-state index in [-0.39, 0.29) is 12.2 Å². The Morgan fingerprint density at radius 1 is 1.39 bits per heavy atom. The number of carbonyl (C=O) groups is 1. The van der Waals surface area contributed by atoms with Gasteiger partial charge in [0.1, 0.15) is 12.2 Å². The molecule has 11 heteroatoms. The molecule has 0 amide bonds. The first-order valence-corrected chi connectivity index (χ1v) is 9.07. The number of quaternary nitrogens is 1. The van der Waals surface area contributed by atoms with E-state index in [1.807, 2.05) is 0 Å². The normalized spacial score (nSPS) is 29.1. The van der Waals surface area contributed by atoms with E-state index >= 15 is 0 Å². The lowest BCUT2D eigenvalue weighted by atomic mass is 10.1. The van der Waals surface area contributed by atoms with Crippen molar-refractivity contribution in [3.8, 4) is 0 Å². The van der Waals surface area contributed by atoms with Gasteiger partial charge in [-0.1, -0.05) is 12.7 Å². The molecule has 0 bridgehead atoms.